The Bertz CT molecular complexity index is 6930. The van der Waals surface area contributed by atoms with E-state index in [1.54, 1.807) is 0 Å². The summed E-state index contributed by atoms with van der Waals surface area (Å²) in [6, 6.07) is 146. The van der Waals surface area contributed by atoms with Crippen LogP contribution in [0, 0.1) is 0 Å². The van der Waals surface area contributed by atoms with Gasteiger partial charge in [0.25, 0.3) is 6.71 Å². The van der Waals surface area contributed by atoms with Crippen LogP contribution in [0.25, 0.3) is 105 Å². The van der Waals surface area contributed by atoms with Crippen LogP contribution in [0.1, 0.15) is 66.8 Å². The smallest absolute Gasteiger partial charge is 0.252 e. The number of aromatic nitrogens is 1. The minimum atomic E-state index is -0.748. The van der Waals surface area contributed by atoms with E-state index in [9.17, 15) is 0 Å². The molecule has 0 saturated heterocycles. The van der Waals surface area contributed by atoms with Crippen molar-refractivity contribution in [3.63, 3.8) is 0 Å². The fraction of sp³-hybridized carbons (Fsp3) is 0.0286. The minimum absolute atomic E-state index is 0.320. The molecule has 3 spiro atoms. The molecule has 18 aromatic rings. The molecule has 4 heteroatoms. The molecule has 109 heavy (non-hydrogen) atoms. The van der Waals surface area contributed by atoms with Gasteiger partial charge >= 0.3 is 0 Å². The lowest BCUT2D eigenvalue weighted by Gasteiger charge is -2.47. The van der Waals surface area contributed by atoms with Gasteiger partial charge in [0.2, 0.25) is 0 Å². The quantitative estimate of drug-likeness (QED) is 0.163. The number of rotatable bonds is 4. The Hall–Kier alpha value is -13.8. The van der Waals surface area contributed by atoms with Crippen LogP contribution in [0.5, 0.6) is 0 Å². The van der Waals surface area contributed by atoms with E-state index in [0.29, 0.717) is 0 Å². The highest BCUT2D eigenvalue weighted by atomic mass is 15.2. The average Bonchev–Trinajstić information content (AvgIpc) is 1.54. The second-order valence-corrected chi connectivity index (χ2v) is 31.0. The van der Waals surface area contributed by atoms with Crippen LogP contribution in [0.15, 0.2) is 376 Å². The van der Waals surface area contributed by atoms with E-state index in [1.165, 1.54) is 183 Å². The zero-order chi connectivity index (χ0) is 70.7. The number of fused-ring (bicyclic) bond motifs is 39. The van der Waals surface area contributed by atoms with Gasteiger partial charge in [-0.1, -0.05) is 322 Å². The zero-order valence-electron chi connectivity index (χ0n) is 59.2. The Morgan fingerprint density at radius 2 is 0.596 bits per heavy atom. The summed E-state index contributed by atoms with van der Waals surface area (Å²) in [6.07, 6.45) is 0. The summed E-state index contributed by atoms with van der Waals surface area (Å²) in [7, 11) is 0. The molecule has 0 saturated carbocycles. The third-order valence-electron chi connectivity index (χ3n) is 26.6. The molecular formula is C105H62BN3. The van der Waals surface area contributed by atoms with Crippen molar-refractivity contribution in [2.45, 2.75) is 16.2 Å². The number of benzene rings is 17. The van der Waals surface area contributed by atoms with Crippen molar-refractivity contribution in [3.05, 3.63) is 443 Å². The fourth-order valence-corrected chi connectivity index (χ4v) is 22.9. The molecule has 8 aliphatic rings. The first-order chi connectivity index (χ1) is 54.1. The van der Waals surface area contributed by atoms with Gasteiger partial charge in [-0.15, -0.1) is 0 Å². The topological polar surface area (TPSA) is 11.4 Å². The number of anilines is 6. The van der Waals surface area contributed by atoms with E-state index in [4.69, 9.17) is 0 Å². The van der Waals surface area contributed by atoms with E-state index >= 15 is 0 Å². The maximum Gasteiger partial charge on any atom is 0.252 e. The van der Waals surface area contributed by atoms with Gasteiger partial charge in [0, 0.05) is 50.5 Å². The van der Waals surface area contributed by atoms with Crippen LogP contribution >= 0.6 is 0 Å². The molecule has 1 aromatic heterocycles. The Morgan fingerprint density at radius 1 is 0.220 bits per heavy atom. The number of nitrogens with zero attached hydrogens (tertiary/aromatic N) is 3. The molecule has 6 aliphatic carbocycles. The third kappa shape index (κ3) is 6.92. The van der Waals surface area contributed by atoms with Gasteiger partial charge in [0.15, 0.2) is 0 Å². The van der Waals surface area contributed by atoms with E-state index < -0.39 is 16.2 Å². The molecule has 0 fully saturated rings. The van der Waals surface area contributed by atoms with Crippen LogP contribution in [0.2, 0.25) is 0 Å². The molecule has 0 N–H and O–H groups in total. The van der Waals surface area contributed by atoms with Gasteiger partial charge in [-0.2, -0.15) is 0 Å². The van der Waals surface area contributed by atoms with Crippen molar-refractivity contribution < 1.29 is 0 Å². The molecular weight excluding hydrogens is 1310 g/mol. The molecule has 2 aliphatic heterocycles. The van der Waals surface area contributed by atoms with Crippen molar-refractivity contribution >= 4 is 79.0 Å². The highest BCUT2D eigenvalue weighted by molar-refractivity contribution is 7.01. The average molecular weight is 1380 g/mol. The molecule has 17 aromatic carbocycles. The number of hydrogen-bond acceptors (Lipinski definition) is 2. The monoisotopic (exact) mass is 1380 g/mol. The van der Waals surface area contributed by atoms with Crippen LogP contribution in [0.4, 0.5) is 34.1 Å². The Kier molecular flexibility index (Phi) is 11.2. The third-order valence-corrected chi connectivity index (χ3v) is 26.6. The Morgan fingerprint density at radius 3 is 1.10 bits per heavy atom. The van der Waals surface area contributed by atoms with Crippen LogP contribution in [0.3, 0.4) is 0 Å². The van der Waals surface area contributed by atoms with Crippen LogP contribution < -0.4 is 26.2 Å². The van der Waals surface area contributed by atoms with Crippen molar-refractivity contribution in [2.24, 2.45) is 0 Å². The molecule has 0 atom stereocenters. The van der Waals surface area contributed by atoms with Crippen molar-refractivity contribution in [1.29, 1.82) is 0 Å². The van der Waals surface area contributed by atoms with Gasteiger partial charge < -0.3 is 14.4 Å². The summed E-state index contributed by atoms with van der Waals surface area (Å²) in [6.45, 7) is -0.320. The summed E-state index contributed by atoms with van der Waals surface area (Å²) in [5, 5.41) is 2.44. The number of para-hydroxylation sites is 2. The van der Waals surface area contributed by atoms with Gasteiger partial charge in [0.1, 0.15) is 0 Å². The standard InChI is InChI=1S/C105H62BN3/c1-2-26-63(27-3-1)64-50-52-65(53-51-64)107-95-59-57-90-98(80-38-12-23-47-89(80)103(90)81-39-15-4-28-68(81)69-29-5-16-40-82(69)103)101(95)106-92-58-56-79-75-35-11-22-46-88(75)105(86-44-20-9-32-72(86)73-33-10-21-45-87(73)105)99(79)102(92)109(97-62-67(61-96(107)100(97)106)108-93-48-24-13-36-77(93)78-37-14-25-49-94(78)108)66-54-55-76-74-34-8-19-43-85(74)104(91(76)60-66)83-41-17-6-30-70(83)71-31-7-18-42-84(71)104/h1-62H. The van der Waals surface area contributed by atoms with Gasteiger partial charge in [0.05, 0.1) is 33.0 Å². The second-order valence-electron chi connectivity index (χ2n) is 31.0. The van der Waals surface area contributed by atoms with E-state index in [-0.39, 0.29) is 6.71 Å². The summed E-state index contributed by atoms with van der Waals surface area (Å²) in [5.74, 6) is 0. The molecule has 26 rings (SSSR count). The summed E-state index contributed by atoms with van der Waals surface area (Å²) in [5.41, 5.74) is 45.7. The van der Waals surface area contributed by atoms with E-state index in [0.717, 1.165) is 39.5 Å². The van der Waals surface area contributed by atoms with Crippen molar-refractivity contribution in [3.8, 4) is 83.6 Å². The maximum absolute atomic E-state index is 2.82. The number of hydrogen-bond donors (Lipinski definition) is 0. The molecule has 0 bridgehead atoms. The van der Waals surface area contributed by atoms with E-state index in [2.05, 4.69) is 390 Å². The van der Waals surface area contributed by atoms with Gasteiger partial charge in [-0.3, -0.25) is 0 Å². The summed E-state index contributed by atoms with van der Waals surface area (Å²) >= 11 is 0. The highest BCUT2D eigenvalue weighted by Gasteiger charge is 2.60. The predicted molar refractivity (Wildman–Crippen MR) is 449 cm³/mol. The lowest BCUT2D eigenvalue weighted by Crippen LogP contribution is -2.62. The normalized spacial score (nSPS) is 15.0. The summed E-state index contributed by atoms with van der Waals surface area (Å²) < 4.78 is 2.57. The molecule has 0 radical (unpaired) electrons. The largest absolute Gasteiger partial charge is 0.311 e. The molecule has 3 nitrogen and oxygen atoms in total. The second kappa shape index (κ2) is 20.8. The van der Waals surface area contributed by atoms with E-state index in [1.807, 2.05) is 0 Å². The first-order valence-electron chi connectivity index (χ1n) is 38.4. The van der Waals surface area contributed by atoms with Crippen molar-refractivity contribution in [2.75, 3.05) is 9.80 Å². The maximum atomic E-state index is 2.82. The molecule has 0 unspecified atom stereocenters. The lowest BCUT2D eigenvalue weighted by atomic mass is 9.32. The van der Waals surface area contributed by atoms with Gasteiger partial charge in [-0.25, -0.2) is 0 Å². The first kappa shape index (κ1) is 58.5. The molecule has 500 valence electrons. The van der Waals surface area contributed by atoms with Crippen LogP contribution in [-0.2, 0) is 16.2 Å². The first-order valence-corrected chi connectivity index (χ1v) is 38.4. The lowest BCUT2D eigenvalue weighted by molar-refractivity contribution is 0.790. The van der Waals surface area contributed by atoms with Crippen LogP contribution in [-0.4, -0.2) is 11.3 Å². The summed E-state index contributed by atoms with van der Waals surface area (Å²) in [4.78, 5) is 5.50. The molecule has 0 amide bonds. The molecule has 3 heterocycles. The fourth-order valence-electron chi connectivity index (χ4n) is 22.9. The minimum Gasteiger partial charge on any atom is -0.311 e. The SMILES string of the molecule is c1ccc(-c2ccc(N3c4cc(-n5c6ccccc6c6ccccc65)cc5c4B(c4ccc6c(c4N5c4ccc5c(c4)C4(c7ccccc7-c7ccccc74)c4ccccc4-5)C4(c5ccccc5-c5ccccc54)c4ccccc4-6)c4c3ccc3c4-c4ccccc4C34c3ccccc3-c3ccccc34)cc2)cc1. The Balaban J connectivity index is 0.863. The van der Waals surface area contributed by atoms with Crippen molar-refractivity contribution in [1.82, 2.24) is 4.57 Å². The predicted octanol–water partition coefficient (Wildman–Crippen LogP) is 23.6. The Labute approximate surface area is 631 Å². The van der Waals surface area contributed by atoms with Gasteiger partial charge in [-0.05, 0) is 210 Å². The highest BCUT2D eigenvalue weighted by Crippen LogP contribution is 2.69. The zero-order valence-corrected chi connectivity index (χ0v) is 59.2.